The van der Waals surface area contributed by atoms with E-state index in [4.69, 9.17) is 9.47 Å². The average Bonchev–Trinajstić information content (AvgIpc) is 2.88. The number of carbonyl (C=O) groups excluding carboxylic acids is 1. The van der Waals surface area contributed by atoms with Crippen LogP contribution in [0.3, 0.4) is 0 Å². The van der Waals surface area contributed by atoms with Crippen LogP contribution in [-0.4, -0.2) is 23.0 Å². The predicted molar refractivity (Wildman–Crippen MR) is 84.3 cm³/mol. The summed E-state index contributed by atoms with van der Waals surface area (Å²) >= 11 is 1.28. The van der Waals surface area contributed by atoms with Crippen LogP contribution in [0.15, 0.2) is 36.5 Å². The second-order valence-electron chi connectivity index (χ2n) is 4.71. The molecule has 0 saturated heterocycles. The largest absolute Gasteiger partial charge is 0.421 e. The topological polar surface area (TPSA) is 61.3 Å². The van der Waals surface area contributed by atoms with Gasteiger partial charge >= 0.3 is 5.97 Å². The number of thiazole rings is 1. The Kier molecular flexibility index (Phi) is 4.13. The molecule has 0 spiro atoms. The van der Waals surface area contributed by atoms with E-state index in [-0.39, 0.29) is 0 Å². The van der Waals surface area contributed by atoms with Crippen LogP contribution < -0.4 is 4.74 Å². The molecule has 0 atom stereocenters. The molecule has 0 saturated carbocycles. The van der Waals surface area contributed by atoms with Gasteiger partial charge in [0.05, 0.1) is 24.0 Å². The van der Waals surface area contributed by atoms with Gasteiger partial charge in [-0.3, -0.25) is 4.98 Å². The van der Waals surface area contributed by atoms with Crippen LogP contribution in [0.4, 0.5) is 0 Å². The fourth-order valence-corrected chi connectivity index (χ4v) is 3.00. The van der Waals surface area contributed by atoms with E-state index < -0.39 is 5.97 Å². The maximum absolute atomic E-state index is 12.3. The number of benzene rings is 1. The lowest BCUT2D eigenvalue weighted by atomic mass is 10.2. The third-order valence-corrected chi connectivity index (χ3v) is 4.18. The number of aromatic nitrogens is 2. The summed E-state index contributed by atoms with van der Waals surface area (Å²) in [4.78, 5) is 21.3. The first-order valence-corrected chi connectivity index (χ1v) is 7.51. The molecule has 0 unspecified atom stereocenters. The van der Waals surface area contributed by atoms with Crippen molar-refractivity contribution in [1.82, 2.24) is 9.97 Å². The zero-order chi connectivity index (χ0) is 15.5. The number of pyridine rings is 1. The van der Waals surface area contributed by atoms with E-state index >= 15 is 0 Å². The first kappa shape index (κ1) is 14.6. The van der Waals surface area contributed by atoms with E-state index in [9.17, 15) is 4.79 Å². The standard InChI is InChI=1S/C16H14N2O3S/c1-10-15(22-14(18-10)9-20-2)16(19)21-12-7-11-5-3-4-6-13(11)17-8-12/h3-8H,9H2,1-2H3. The number of esters is 1. The van der Waals surface area contributed by atoms with Crippen molar-refractivity contribution >= 4 is 28.2 Å². The third-order valence-electron chi connectivity index (χ3n) is 3.07. The Morgan fingerprint density at radius 2 is 2.14 bits per heavy atom. The second-order valence-corrected chi connectivity index (χ2v) is 5.79. The van der Waals surface area contributed by atoms with Crippen molar-refractivity contribution in [3.8, 4) is 5.75 Å². The van der Waals surface area contributed by atoms with Gasteiger partial charge in [-0.15, -0.1) is 11.3 Å². The molecular formula is C16H14N2O3S. The molecule has 0 bridgehead atoms. The molecule has 2 heterocycles. The highest BCUT2D eigenvalue weighted by atomic mass is 32.1. The first-order valence-electron chi connectivity index (χ1n) is 6.69. The number of ether oxygens (including phenoxy) is 2. The minimum atomic E-state index is -0.422. The number of carbonyl (C=O) groups is 1. The molecule has 3 aromatic rings. The van der Waals surface area contributed by atoms with E-state index in [0.717, 1.165) is 15.9 Å². The fraction of sp³-hybridized carbons (Fsp3) is 0.188. The van der Waals surface area contributed by atoms with Crippen molar-refractivity contribution in [2.75, 3.05) is 7.11 Å². The number of rotatable bonds is 4. The summed E-state index contributed by atoms with van der Waals surface area (Å²) in [5, 5.41) is 1.68. The highest BCUT2D eigenvalue weighted by Crippen LogP contribution is 2.23. The van der Waals surface area contributed by atoms with Gasteiger partial charge in [-0.2, -0.15) is 0 Å². The molecule has 1 aromatic carbocycles. The lowest BCUT2D eigenvalue weighted by molar-refractivity contribution is 0.0738. The number of nitrogens with zero attached hydrogens (tertiary/aromatic N) is 2. The summed E-state index contributed by atoms with van der Waals surface area (Å²) < 4.78 is 10.4. The summed E-state index contributed by atoms with van der Waals surface area (Å²) in [6.07, 6.45) is 1.55. The van der Waals surface area contributed by atoms with Gasteiger partial charge in [-0.1, -0.05) is 18.2 Å². The Balaban J connectivity index is 1.83. The van der Waals surface area contributed by atoms with E-state index in [2.05, 4.69) is 9.97 Å². The Hall–Kier alpha value is -2.31. The highest BCUT2D eigenvalue weighted by molar-refractivity contribution is 7.13. The number of para-hydroxylation sites is 1. The van der Waals surface area contributed by atoms with E-state index in [1.54, 1.807) is 26.3 Å². The maximum Gasteiger partial charge on any atom is 0.355 e. The number of hydrogen-bond donors (Lipinski definition) is 0. The normalized spacial score (nSPS) is 10.8. The number of hydrogen-bond acceptors (Lipinski definition) is 6. The van der Waals surface area contributed by atoms with Crippen molar-refractivity contribution in [2.45, 2.75) is 13.5 Å². The first-order chi connectivity index (χ1) is 10.7. The molecule has 0 fully saturated rings. The van der Waals surface area contributed by atoms with Crippen molar-refractivity contribution in [2.24, 2.45) is 0 Å². The molecule has 0 N–H and O–H groups in total. The number of methoxy groups -OCH3 is 1. The van der Waals surface area contributed by atoms with Gasteiger partial charge in [0, 0.05) is 12.5 Å². The van der Waals surface area contributed by atoms with Crippen molar-refractivity contribution in [1.29, 1.82) is 0 Å². The zero-order valence-electron chi connectivity index (χ0n) is 12.2. The van der Waals surface area contributed by atoms with Gasteiger partial charge in [0.15, 0.2) is 0 Å². The molecule has 6 heteroatoms. The summed E-state index contributed by atoms with van der Waals surface area (Å²) in [6, 6.07) is 9.46. The molecule has 0 aliphatic heterocycles. The van der Waals surface area contributed by atoms with Crippen molar-refractivity contribution < 1.29 is 14.3 Å². The van der Waals surface area contributed by atoms with Gasteiger partial charge in [0.25, 0.3) is 0 Å². The van der Waals surface area contributed by atoms with E-state index in [1.807, 2.05) is 24.3 Å². The van der Waals surface area contributed by atoms with Gasteiger partial charge < -0.3 is 9.47 Å². The predicted octanol–water partition coefficient (Wildman–Crippen LogP) is 3.37. The van der Waals surface area contributed by atoms with Gasteiger partial charge in [-0.25, -0.2) is 9.78 Å². The van der Waals surface area contributed by atoms with Gasteiger partial charge in [0.1, 0.15) is 15.6 Å². The summed E-state index contributed by atoms with van der Waals surface area (Å²) in [5.74, 6) is -0.000717. The summed E-state index contributed by atoms with van der Waals surface area (Å²) in [7, 11) is 1.59. The lowest BCUT2D eigenvalue weighted by Crippen LogP contribution is -2.08. The van der Waals surface area contributed by atoms with Crippen LogP contribution in [0, 0.1) is 6.92 Å². The monoisotopic (exact) mass is 314 g/mol. The molecule has 112 valence electrons. The Morgan fingerprint density at radius 3 is 2.95 bits per heavy atom. The van der Waals surface area contributed by atoms with E-state index in [0.29, 0.717) is 22.9 Å². The minimum Gasteiger partial charge on any atom is -0.421 e. The second kappa shape index (κ2) is 6.21. The Labute approximate surface area is 131 Å². The van der Waals surface area contributed by atoms with Crippen LogP contribution in [0.1, 0.15) is 20.4 Å². The molecular weight excluding hydrogens is 300 g/mol. The van der Waals surface area contributed by atoms with Crippen LogP contribution in [-0.2, 0) is 11.3 Å². The van der Waals surface area contributed by atoms with Crippen molar-refractivity contribution in [3.63, 3.8) is 0 Å². The third kappa shape index (κ3) is 2.98. The molecule has 0 amide bonds. The SMILES string of the molecule is COCc1nc(C)c(C(=O)Oc2cnc3ccccc3c2)s1. The zero-order valence-corrected chi connectivity index (χ0v) is 13.0. The molecule has 5 nitrogen and oxygen atoms in total. The number of fused-ring (bicyclic) bond motifs is 1. The van der Waals surface area contributed by atoms with E-state index in [1.165, 1.54) is 11.3 Å². The summed E-state index contributed by atoms with van der Waals surface area (Å²) in [6.45, 7) is 2.17. The van der Waals surface area contributed by atoms with Gasteiger partial charge in [-0.05, 0) is 19.1 Å². The molecule has 0 aliphatic carbocycles. The van der Waals surface area contributed by atoms with Crippen LogP contribution in [0.2, 0.25) is 0 Å². The molecule has 22 heavy (non-hydrogen) atoms. The fourth-order valence-electron chi connectivity index (χ4n) is 2.09. The quantitative estimate of drug-likeness (QED) is 0.691. The summed E-state index contributed by atoms with van der Waals surface area (Å²) in [5.41, 5.74) is 1.51. The van der Waals surface area contributed by atoms with Gasteiger partial charge in [0.2, 0.25) is 0 Å². The minimum absolute atomic E-state index is 0.385. The van der Waals surface area contributed by atoms with Crippen LogP contribution in [0.25, 0.3) is 10.9 Å². The van der Waals surface area contributed by atoms with Crippen LogP contribution in [0.5, 0.6) is 5.75 Å². The highest BCUT2D eigenvalue weighted by Gasteiger charge is 2.17. The average molecular weight is 314 g/mol. The smallest absolute Gasteiger partial charge is 0.355 e. The lowest BCUT2D eigenvalue weighted by Gasteiger charge is -2.04. The number of aryl methyl sites for hydroxylation is 1. The molecule has 0 radical (unpaired) electrons. The molecule has 3 rings (SSSR count). The maximum atomic E-state index is 12.3. The Bertz CT molecular complexity index is 829. The van der Waals surface area contributed by atoms with Crippen LogP contribution >= 0.6 is 11.3 Å². The molecule has 0 aliphatic rings. The Morgan fingerprint density at radius 1 is 1.32 bits per heavy atom. The van der Waals surface area contributed by atoms with Crippen molar-refractivity contribution in [3.05, 3.63) is 52.1 Å². The molecule has 2 aromatic heterocycles.